The van der Waals surface area contributed by atoms with Crippen LogP contribution in [-0.2, 0) is 10.2 Å². The number of anilines is 1. The minimum atomic E-state index is 0.179. The third-order valence-electron chi connectivity index (χ3n) is 4.72. The van der Waals surface area contributed by atoms with E-state index in [9.17, 15) is 4.79 Å². The van der Waals surface area contributed by atoms with Gasteiger partial charge >= 0.3 is 0 Å². The molecule has 0 unspecified atom stereocenters. The van der Waals surface area contributed by atoms with Gasteiger partial charge in [-0.15, -0.1) is 0 Å². The van der Waals surface area contributed by atoms with Crippen molar-refractivity contribution in [3.63, 3.8) is 0 Å². The van der Waals surface area contributed by atoms with E-state index in [2.05, 4.69) is 29.3 Å². The smallest absolute Gasteiger partial charge is 0.242 e. The molecule has 2 fully saturated rings. The Kier molecular flexibility index (Phi) is 2.97. The summed E-state index contributed by atoms with van der Waals surface area (Å²) < 4.78 is 0. The van der Waals surface area contributed by atoms with Gasteiger partial charge in [-0.05, 0) is 30.5 Å². The van der Waals surface area contributed by atoms with Crippen LogP contribution in [0.25, 0.3) is 0 Å². The van der Waals surface area contributed by atoms with Crippen molar-refractivity contribution < 1.29 is 4.79 Å². The summed E-state index contributed by atoms with van der Waals surface area (Å²) in [5, 5.41) is 3.77. The summed E-state index contributed by atoms with van der Waals surface area (Å²) in [7, 11) is 1.84. The molecule has 2 N–H and O–H groups in total. The van der Waals surface area contributed by atoms with E-state index in [4.69, 9.17) is 5.73 Å². The highest BCUT2D eigenvalue weighted by atomic mass is 16.2. The van der Waals surface area contributed by atoms with E-state index < -0.39 is 0 Å². The lowest BCUT2D eigenvalue weighted by Crippen LogP contribution is -2.42. The van der Waals surface area contributed by atoms with Crippen molar-refractivity contribution in [3.8, 4) is 0 Å². The van der Waals surface area contributed by atoms with Gasteiger partial charge in [-0.25, -0.2) is 0 Å². The Morgan fingerprint density at radius 1 is 1.37 bits per heavy atom. The molecule has 1 aliphatic carbocycles. The second-order valence-corrected chi connectivity index (χ2v) is 5.68. The highest BCUT2D eigenvalue weighted by Crippen LogP contribution is 2.43. The highest BCUT2D eigenvalue weighted by Gasteiger charge is 2.37. The number of hydrazine groups is 1. The van der Waals surface area contributed by atoms with Gasteiger partial charge in [0.1, 0.15) is 0 Å². The van der Waals surface area contributed by atoms with Gasteiger partial charge in [0.25, 0.3) is 0 Å². The van der Waals surface area contributed by atoms with E-state index in [-0.39, 0.29) is 11.3 Å². The Labute approximate surface area is 114 Å². The molecule has 0 aromatic heterocycles. The molecule has 1 heterocycles. The van der Waals surface area contributed by atoms with Gasteiger partial charge in [-0.1, -0.05) is 18.6 Å². The summed E-state index contributed by atoms with van der Waals surface area (Å²) in [6.07, 6.45) is 4.23. The third kappa shape index (κ3) is 1.91. The Bertz CT molecular complexity index is 490. The lowest BCUT2D eigenvalue weighted by molar-refractivity contribution is -0.126. The topological polar surface area (TPSA) is 49.6 Å². The van der Waals surface area contributed by atoms with Crippen LogP contribution in [-0.4, -0.2) is 31.1 Å². The Balaban J connectivity index is 1.90. The fourth-order valence-corrected chi connectivity index (χ4v) is 3.16. The molecule has 1 saturated carbocycles. The van der Waals surface area contributed by atoms with E-state index >= 15 is 0 Å². The molecule has 0 bridgehead atoms. The Morgan fingerprint density at radius 3 is 2.68 bits per heavy atom. The van der Waals surface area contributed by atoms with Crippen LogP contribution in [0.15, 0.2) is 24.3 Å². The number of carbonyl (C=O) groups excluding carboxylic acids is 1. The van der Waals surface area contributed by atoms with Crippen LogP contribution in [0.1, 0.15) is 31.2 Å². The largest absolute Gasteiger partial charge is 0.330 e. The van der Waals surface area contributed by atoms with Crippen molar-refractivity contribution in [1.29, 1.82) is 0 Å². The predicted molar refractivity (Wildman–Crippen MR) is 75.8 cm³/mol. The van der Waals surface area contributed by atoms with E-state index in [0.717, 1.165) is 12.2 Å². The maximum absolute atomic E-state index is 11.6. The Morgan fingerprint density at radius 2 is 2.16 bits per heavy atom. The zero-order valence-corrected chi connectivity index (χ0v) is 11.4. The van der Waals surface area contributed by atoms with E-state index in [1.54, 1.807) is 5.01 Å². The molecule has 102 valence electrons. The number of amides is 1. The number of hydrogen-bond donors (Lipinski definition) is 1. The average molecular weight is 259 g/mol. The normalized spacial score (nSPS) is 21.7. The first-order chi connectivity index (χ1) is 9.16. The molecular formula is C15H21N3O. The molecule has 0 spiro atoms. The van der Waals surface area contributed by atoms with E-state index in [0.29, 0.717) is 13.0 Å². The molecule has 19 heavy (non-hydrogen) atoms. The van der Waals surface area contributed by atoms with Crippen LogP contribution >= 0.6 is 0 Å². The third-order valence-corrected chi connectivity index (χ3v) is 4.72. The monoisotopic (exact) mass is 259 g/mol. The van der Waals surface area contributed by atoms with Gasteiger partial charge < -0.3 is 5.73 Å². The van der Waals surface area contributed by atoms with Crippen LogP contribution in [0.5, 0.6) is 0 Å². The number of nitrogens with two attached hydrogens (primary N) is 1. The van der Waals surface area contributed by atoms with Crippen molar-refractivity contribution in [2.75, 3.05) is 25.1 Å². The molecular weight excluding hydrogens is 238 g/mol. The predicted octanol–water partition coefficient (Wildman–Crippen LogP) is 1.65. The average Bonchev–Trinajstić information content (AvgIpc) is 2.70. The minimum absolute atomic E-state index is 0.179. The number of rotatable bonds is 3. The summed E-state index contributed by atoms with van der Waals surface area (Å²) >= 11 is 0. The Hall–Kier alpha value is -1.55. The molecule has 4 nitrogen and oxygen atoms in total. The number of nitrogens with zero attached hydrogens (tertiary/aromatic N) is 2. The summed E-state index contributed by atoms with van der Waals surface area (Å²) in [5.74, 6) is 0.183. The van der Waals surface area contributed by atoms with Gasteiger partial charge in [0, 0.05) is 32.0 Å². The zero-order chi connectivity index (χ0) is 13.5. The fourth-order valence-electron chi connectivity index (χ4n) is 3.16. The zero-order valence-electron chi connectivity index (χ0n) is 11.4. The summed E-state index contributed by atoms with van der Waals surface area (Å²) in [6.45, 7) is 1.49. The minimum Gasteiger partial charge on any atom is -0.330 e. The molecule has 3 rings (SSSR count). The van der Waals surface area contributed by atoms with Crippen molar-refractivity contribution in [3.05, 3.63) is 29.8 Å². The first kappa shape index (κ1) is 12.5. The summed E-state index contributed by atoms with van der Waals surface area (Å²) in [4.78, 5) is 11.6. The van der Waals surface area contributed by atoms with Crippen molar-refractivity contribution >= 4 is 11.6 Å². The van der Waals surface area contributed by atoms with Crippen molar-refractivity contribution in [1.82, 2.24) is 5.01 Å². The van der Waals surface area contributed by atoms with Gasteiger partial charge in [0.15, 0.2) is 0 Å². The van der Waals surface area contributed by atoms with Gasteiger partial charge in [0.05, 0.1) is 5.69 Å². The van der Waals surface area contributed by atoms with Crippen LogP contribution in [0.2, 0.25) is 0 Å². The molecule has 0 radical (unpaired) electrons. The standard InChI is InChI=1S/C15H21N3O/c1-17-14(19)6-9-18(17)13-5-2-4-12(10-13)15(11-16)7-3-8-15/h2,4-5,10H,3,6-9,11,16H2,1H3. The molecule has 1 aliphatic heterocycles. The molecule has 1 amide bonds. The van der Waals surface area contributed by atoms with E-state index in [1.165, 1.54) is 24.8 Å². The molecule has 1 aromatic carbocycles. The van der Waals surface area contributed by atoms with Crippen molar-refractivity contribution in [2.24, 2.45) is 5.73 Å². The van der Waals surface area contributed by atoms with E-state index in [1.807, 2.05) is 7.05 Å². The fraction of sp³-hybridized carbons (Fsp3) is 0.533. The number of carbonyl (C=O) groups is 1. The molecule has 1 aromatic rings. The number of benzene rings is 1. The second-order valence-electron chi connectivity index (χ2n) is 5.68. The molecule has 0 atom stereocenters. The molecule has 2 aliphatic rings. The quantitative estimate of drug-likeness (QED) is 0.898. The van der Waals surface area contributed by atoms with Crippen LogP contribution < -0.4 is 10.7 Å². The lowest BCUT2D eigenvalue weighted by Gasteiger charge is -2.42. The first-order valence-corrected chi connectivity index (χ1v) is 7.01. The molecule has 1 saturated heterocycles. The summed E-state index contributed by atoms with van der Waals surface area (Å²) in [5.41, 5.74) is 8.58. The van der Waals surface area contributed by atoms with Crippen LogP contribution in [0, 0.1) is 0 Å². The highest BCUT2D eigenvalue weighted by molar-refractivity contribution is 5.81. The SMILES string of the molecule is CN1C(=O)CCN1c1cccc(C2(CN)CCC2)c1. The molecule has 4 heteroatoms. The summed E-state index contributed by atoms with van der Waals surface area (Å²) in [6, 6.07) is 8.53. The van der Waals surface area contributed by atoms with Crippen LogP contribution in [0.3, 0.4) is 0 Å². The first-order valence-electron chi connectivity index (χ1n) is 7.01. The number of hydrogen-bond acceptors (Lipinski definition) is 3. The maximum atomic E-state index is 11.6. The van der Waals surface area contributed by atoms with Gasteiger partial charge in [0.2, 0.25) is 5.91 Å². The lowest BCUT2D eigenvalue weighted by atomic mass is 9.64. The second kappa shape index (κ2) is 4.53. The van der Waals surface area contributed by atoms with Crippen LogP contribution in [0.4, 0.5) is 5.69 Å². The van der Waals surface area contributed by atoms with Gasteiger partial charge in [-0.2, -0.15) is 0 Å². The maximum Gasteiger partial charge on any atom is 0.242 e. The van der Waals surface area contributed by atoms with Gasteiger partial charge in [-0.3, -0.25) is 14.8 Å². The van der Waals surface area contributed by atoms with Crippen molar-refractivity contribution in [2.45, 2.75) is 31.1 Å².